The van der Waals surface area contributed by atoms with Crippen molar-refractivity contribution in [3.8, 4) is 5.75 Å². The minimum atomic E-state index is -0.845. The van der Waals surface area contributed by atoms with Crippen molar-refractivity contribution in [2.45, 2.75) is 76.8 Å². The van der Waals surface area contributed by atoms with Crippen LogP contribution in [0.3, 0.4) is 0 Å². The summed E-state index contributed by atoms with van der Waals surface area (Å²) < 4.78 is 12.0. The Bertz CT molecular complexity index is 744. The third kappa shape index (κ3) is 2.95. The van der Waals surface area contributed by atoms with Crippen LogP contribution >= 0.6 is 0 Å². The molecule has 6 atom stereocenters. The zero-order valence-corrected chi connectivity index (χ0v) is 16.6. The van der Waals surface area contributed by atoms with E-state index in [1.54, 1.807) is 12.1 Å². The molecule has 148 valence electrons. The van der Waals surface area contributed by atoms with Crippen LogP contribution in [0, 0.1) is 17.3 Å². The molecule has 0 bridgehead atoms. The van der Waals surface area contributed by atoms with Gasteiger partial charge in [-0.25, -0.2) is 4.79 Å². The molecule has 5 heteroatoms. The molecule has 1 aromatic carbocycles. The van der Waals surface area contributed by atoms with Crippen LogP contribution in [0.15, 0.2) is 24.3 Å². The molecule has 5 nitrogen and oxygen atoms in total. The van der Waals surface area contributed by atoms with E-state index >= 15 is 0 Å². The van der Waals surface area contributed by atoms with E-state index in [0.29, 0.717) is 12.0 Å². The molecule has 27 heavy (non-hydrogen) atoms. The lowest BCUT2D eigenvalue weighted by atomic mass is 9.67. The second kappa shape index (κ2) is 5.95. The number of hydrogen-bond acceptors (Lipinski definition) is 5. The van der Waals surface area contributed by atoms with E-state index in [1.165, 1.54) is 12.1 Å². The van der Waals surface area contributed by atoms with Crippen LogP contribution in [-0.2, 0) is 9.47 Å². The van der Waals surface area contributed by atoms with Crippen LogP contribution in [0.2, 0.25) is 0 Å². The summed E-state index contributed by atoms with van der Waals surface area (Å²) in [6.45, 7) is 8.40. The summed E-state index contributed by atoms with van der Waals surface area (Å²) in [5.41, 5.74) is -0.826. The zero-order valence-electron chi connectivity index (χ0n) is 16.6. The van der Waals surface area contributed by atoms with Gasteiger partial charge in [0, 0.05) is 12.3 Å². The van der Waals surface area contributed by atoms with E-state index in [-0.39, 0.29) is 34.7 Å². The molecule has 0 amide bonds. The number of rotatable bonds is 3. The van der Waals surface area contributed by atoms with Crippen molar-refractivity contribution >= 4 is 5.97 Å². The molecule has 4 rings (SSSR count). The van der Waals surface area contributed by atoms with Gasteiger partial charge in [0.15, 0.2) is 0 Å². The Balaban J connectivity index is 1.67. The number of ether oxygens (including phenoxy) is 2. The Hall–Kier alpha value is -1.59. The van der Waals surface area contributed by atoms with Crippen molar-refractivity contribution in [2.75, 3.05) is 0 Å². The Morgan fingerprint density at radius 2 is 1.85 bits per heavy atom. The van der Waals surface area contributed by atoms with Crippen LogP contribution < -0.4 is 0 Å². The van der Waals surface area contributed by atoms with Gasteiger partial charge >= 0.3 is 5.97 Å². The molecule has 2 N–H and O–H groups in total. The van der Waals surface area contributed by atoms with Crippen LogP contribution in [0.25, 0.3) is 0 Å². The number of phenols is 1. The Labute approximate surface area is 160 Å². The molecule has 0 spiro atoms. The molecule has 1 heterocycles. The molecule has 2 aliphatic carbocycles. The summed E-state index contributed by atoms with van der Waals surface area (Å²) in [6, 6.07) is 6.09. The predicted octanol–water partition coefficient (Wildman–Crippen LogP) is 3.67. The van der Waals surface area contributed by atoms with Gasteiger partial charge in [-0.2, -0.15) is 0 Å². The number of fused-ring (bicyclic) bond motifs is 2. The van der Waals surface area contributed by atoms with Gasteiger partial charge in [-0.3, -0.25) is 0 Å². The predicted molar refractivity (Wildman–Crippen MR) is 100 cm³/mol. The van der Waals surface area contributed by atoms with Gasteiger partial charge in [0.1, 0.15) is 11.9 Å². The highest BCUT2D eigenvalue weighted by Crippen LogP contribution is 2.63. The van der Waals surface area contributed by atoms with Crippen LogP contribution in [0.1, 0.15) is 63.7 Å². The third-order valence-corrected chi connectivity index (χ3v) is 7.41. The molecule has 3 fully saturated rings. The van der Waals surface area contributed by atoms with Crippen molar-refractivity contribution in [1.29, 1.82) is 0 Å². The maximum atomic E-state index is 12.8. The number of benzene rings is 1. The summed E-state index contributed by atoms with van der Waals surface area (Å²) in [4.78, 5) is 12.8. The van der Waals surface area contributed by atoms with E-state index in [2.05, 4.69) is 27.7 Å². The highest BCUT2D eigenvalue weighted by molar-refractivity contribution is 5.89. The van der Waals surface area contributed by atoms with E-state index in [9.17, 15) is 15.0 Å². The maximum Gasteiger partial charge on any atom is 0.338 e. The molecule has 3 aliphatic rings. The van der Waals surface area contributed by atoms with Gasteiger partial charge in [-0.05, 0) is 61.8 Å². The minimum absolute atomic E-state index is 0.0855. The molecular formula is C22H30O5. The minimum Gasteiger partial charge on any atom is -0.508 e. The first-order valence-corrected chi connectivity index (χ1v) is 9.98. The monoisotopic (exact) mass is 374 g/mol. The van der Waals surface area contributed by atoms with Crippen molar-refractivity contribution in [3.05, 3.63) is 29.8 Å². The number of epoxide rings is 1. The number of carbonyl (C=O) groups excluding carboxylic acids is 1. The average molecular weight is 374 g/mol. The third-order valence-electron chi connectivity index (χ3n) is 7.41. The van der Waals surface area contributed by atoms with Gasteiger partial charge in [0.05, 0.1) is 22.9 Å². The normalized spacial score (nSPS) is 43.0. The standard InChI is InChI=1S/C22H30O5/c1-13(2)22(25)10-9-20(3)12-17-21(4,27-17)11-16(18(20)22)26-19(24)14-5-7-15(23)8-6-14/h5-8,13,16-18,23,25H,9-12H2,1-4H3/t16-,17-,18+,20+,21+,22+/m0/s1. The van der Waals surface area contributed by atoms with Crippen LogP contribution in [0.4, 0.5) is 0 Å². The summed E-state index contributed by atoms with van der Waals surface area (Å²) >= 11 is 0. The molecular weight excluding hydrogens is 344 g/mol. The Kier molecular flexibility index (Phi) is 4.13. The first kappa shape index (κ1) is 18.8. The summed E-state index contributed by atoms with van der Waals surface area (Å²) in [5, 5.41) is 21.0. The number of aromatic hydroxyl groups is 1. The number of esters is 1. The zero-order chi connectivity index (χ0) is 19.6. The summed E-state index contributed by atoms with van der Waals surface area (Å²) in [7, 11) is 0. The second-order valence-electron chi connectivity index (χ2n) is 9.60. The second-order valence-corrected chi connectivity index (χ2v) is 9.60. The highest BCUT2D eigenvalue weighted by atomic mass is 16.6. The quantitative estimate of drug-likeness (QED) is 0.623. The Morgan fingerprint density at radius 1 is 1.19 bits per heavy atom. The average Bonchev–Trinajstić information content (AvgIpc) is 3.12. The lowest BCUT2D eigenvalue weighted by Gasteiger charge is -2.44. The fraction of sp³-hybridized carbons (Fsp3) is 0.682. The fourth-order valence-electron chi connectivity index (χ4n) is 5.63. The van der Waals surface area contributed by atoms with Crippen molar-refractivity contribution in [3.63, 3.8) is 0 Å². The lowest BCUT2D eigenvalue weighted by molar-refractivity contribution is -0.120. The molecule has 0 aromatic heterocycles. The first-order chi connectivity index (χ1) is 12.6. The van der Waals surface area contributed by atoms with E-state index < -0.39 is 17.7 Å². The molecule has 1 saturated heterocycles. The topological polar surface area (TPSA) is 79.3 Å². The smallest absolute Gasteiger partial charge is 0.338 e. The van der Waals surface area contributed by atoms with Gasteiger partial charge in [0.25, 0.3) is 0 Å². The van der Waals surface area contributed by atoms with Crippen LogP contribution in [0.5, 0.6) is 5.75 Å². The van der Waals surface area contributed by atoms with Crippen molar-refractivity contribution in [2.24, 2.45) is 17.3 Å². The van der Waals surface area contributed by atoms with Gasteiger partial charge in [-0.15, -0.1) is 0 Å². The molecule has 1 aromatic rings. The number of hydrogen-bond donors (Lipinski definition) is 2. The van der Waals surface area contributed by atoms with Crippen molar-refractivity contribution in [1.82, 2.24) is 0 Å². The summed E-state index contributed by atoms with van der Waals surface area (Å²) in [6.07, 6.45) is 2.92. The summed E-state index contributed by atoms with van der Waals surface area (Å²) in [5.74, 6) is -0.329. The maximum absolute atomic E-state index is 12.8. The van der Waals surface area contributed by atoms with E-state index in [0.717, 1.165) is 19.3 Å². The first-order valence-electron chi connectivity index (χ1n) is 9.98. The lowest BCUT2D eigenvalue weighted by Crippen LogP contribution is -2.50. The van der Waals surface area contributed by atoms with E-state index in [1.807, 2.05) is 0 Å². The SMILES string of the molecule is CC(C)[C@]1(O)CC[C@]2(C)C[C@@H]3O[C@]3(C)C[C@H](OC(=O)c3ccc(O)cc3)[C@H]21. The molecule has 2 saturated carbocycles. The van der Waals surface area contributed by atoms with Crippen LogP contribution in [-0.4, -0.2) is 39.6 Å². The fourth-order valence-corrected chi connectivity index (χ4v) is 5.63. The van der Waals surface area contributed by atoms with Gasteiger partial charge in [-0.1, -0.05) is 20.8 Å². The Morgan fingerprint density at radius 3 is 2.48 bits per heavy atom. The van der Waals surface area contributed by atoms with Gasteiger partial charge in [0.2, 0.25) is 0 Å². The number of aliphatic hydroxyl groups is 1. The van der Waals surface area contributed by atoms with E-state index in [4.69, 9.17) is 9.47 Å². The molecule has 1 aliphatic heterocycles. The number of phenolic OH excluding ortho intramolecular Hbond substituents is 1. The van der Waals surface area contributed by atoms with Crippen molar-refractivity contribution < 1.29 is 24.5 Å². The largest absolute Gasteiger partial charge is 0.508 e. The molecule has 0 unspecified atom stereocenters. The number of carbonyl (C=O) groups is 1. The molecule has 0 radical (unpaired) electrons. The van der Waals surface area contributed by atoms with Gasteiger partial charge < -0.3 is 19.7 Å². The highest BCUT2D eigenvalue weighted by Gasteiger charge is 2.68.